The van der Waals surface area contributed by atoms with Gasteiger partial charge in [0.15, 0.2) is 0 Å². The number of rotatable bonds is 2. The maximum atomic E-state index is 9.95. The molecule has 0 aromatic heterocycles. The molecule has 0 atom stereocenters. The van der Waals surface area contributed by atoms with E-state index in [2.05, 4.69) is 9.98 Å². The Morgan fingerprint density at radius 3 is 1.95 bits per heavy atom. The van der Waals surface area contributed by atoms with E-state index in [1.165, 1.54) is 17.7 Å². The van der Waals surface area contributed by atoms with Gasteiger partial charge in [0.2, 0.25) is 12.2 Å². The second-order valence-corrected chi connectivity index (χ2v) is 4.96. The standard InChI is InChI=1S/2C9H9NO/c1-7-3-4-9(10-6-11)5-8(7)2;1-7-3-4-8(2)9(5-7)10-6-11/h2*3-5H,1-2H3. The van der Waals surface area contributed by atoms with E-state index in [9.17, 15) is 9.59 Å². The molecule has 4 heteroatoms. The molecule has 0 spiro atoms. The molecule has 0 unspecified atom stereocenters. The monoisotopic (exact) mass is 294 g/mol. The van der Waals surface area contributed by atoms with Crippen LogP contribution >= 0.6 is 0 Å². The molecule has 0 aliphatic rings. The summed E-state index contributed by atoms with van der Waals surface area (Å²) < 4.78 is 0. The maximum Gasteiger partial charge on any atom is 0.240 e. The van der Waals surface area contributed by atoms with Crippen LogP contribution in [0.25, 0.3) is 0 Å². The van der Waals surface area contributed by atoms with Gasteiger partial charge in [-0.05, 0) is 68.1 Å². The van der Waals surface area contributed by atoms with Crippen molar-refractivity contribution in [2.45, 2.75) is 27.7 Å². The highest BCUT2D eigenvalue weighted by Gasteiger charge is 1.94. The SMILES string of the molecule is Cc1ccc(C)c(N=C=O)c1.Cc1ccc(N=C=O)cc1C. The lowest BCUT2D eigenvalue weighted by molar-refractivity contribution is 0.564. The van der Waals surface area contributed by atoms with Gasteiger partial charge in [0.1, 0.15) is 0 Å². The Morgan fingerprint density at radius 1 is 0.727 bits per heavy atom. The predicted octanol–water partition coefficient (Wildman–Crippen LogP) is 4.54. The van der Waals surface area contributed by atoms with Crippen molar-refractivity contribution in [3.8, 4) is 0 Å². The van der Waals surface area contributed by atoms with Crippen LogP contribution in [0.2, 0.25) is 0 Å². The van der Waals surface area contributed by atoms with E-state index in [0.29, 0.717) is 11.4 Å². The highest BCUT2D eigenvalue weighted by molar-refractivity contribution is 5.54. The zero-order chi connectivity index (χ0) is 16.5. The molecule has 0 aliphatic heterocycles. The molecule has 2 rings (SSSR count). The molecular weight excluding hydrogens is 276 g/mol. The van der Waals surface area contributed by atoms with Crippen LogP contribution in [0, 0.1) is 27.7 Å². The zero-order valence-electron chi connectivity index (χ0n) is 13.2. The summed E-state index contributed by atoms with van der Waals surface area (Å²) in [5, 5.41) is 0. The molecule has 2 aromatic carbocycles. The Kier molecular flexibility index (Phi) is 6.65. The van der Waals surface area contributed by atoms with Crippen molar-refractivity contribution in [2.24, 2.45) is 9.98 Å². The van der Waals surface area contributed by atoms with Crippen LogP contribution in [0.3, 0.4) is 0 Å². The smallest absolute Gasteiger partial charge is 0.211 e. The number of benzene rings is 2. The lowest BCUT2D eigenvalue weighted by Crippen LogP contribution is -1.77. The van der Waals surface area contributed by atoms with Gasteiger partial charge < -0.3 is 0 Å². The van der Waals surface area contributed by atoms with Gasteiger partial charge in [-0.15, -0.1) is 0 Å². The molecule has 4 nitrogen and oxygen atoms in total. The Balaban J connectivity index is 0.000000220. The van der Waals surface area contributed by atoms with E-state index in [0.717, 1.165) is 16.7 Å². The van der Waals surface area contributed by atoms with Gasteiger partial charge >= 0.3 is 0 Å². The number of aryl methyl sites for hydroxylation is 4. The van der Waals surface area contributed by atoms with Crippen LogP contribution in [0.1, 0.15) is 22.3 Å². The molecular formula is C18H18N2O2. The molecule has 0 aliphatic carbocycles. The molecule has 0 bridgehead atoms. The van der Waals surface area contributed by atoms with Crippen molar-refractivity contribution in [3.63, 3.8) is 0 Å². The number of carbonyl (C=O) groups excluding carboxylic acids is 2. The van der Waals surface area contributed by atoms with Crippen LogP contribution in [0.15, 0.2) is 46.4 Å². The lowest BCUT2D eigenvalue weighted by atomic mass is 10.1. The fraction of sp³-hybridized carbons (Fsp3) is 0.222. The highest BCUT2D eigenvalue weighted by atomic mass is 16.1. The van der Waals surface area contributed by atoms with Gasteiger partial charge in [-0.25, -0.2) is 9.59 Å². The van der Waals surface area contributed by atoms with E-state index in [-0.39, 0.29) is 0 Å². The normalized spacial score (nSPS) is 8.91. The summed E-state index contributed by atoms with van der Waals surface area (Å²) >= 11 is 0. The molecule has 0 N–H and O–H groups in total. The van der Waals surface area contributed by atoms with Crippen molar-refractivity contribution < 1.29 is 9.59 Å². The molecule has 0 heterocycles. The Labute approximate surface area is 130 Å². The molecule has 0 amide bonds. The fourth-order valence-corrected chi connectivity index (χ4v) is 1.74. The van der Waals surface area contributed by atoms with Gasteiger partial charge in [-0.1, -0.05) is 18.2 Å². The minimum Gasteiger partial charge on any atom is -0.211 e. The van der Waals surface area contributed by atoms with E-state index >= 15 is 0 Å². The minimum absolute atomic E-state index is 0.670. The maximum absolute atomic E-state index is 9.95. The number of hydrogen-bond acceptors (Lipinski definition) is 4. The second kappa shape index (κ2) is 8.48. The quantitative estimate of drug-likeness (QED) is 0.603. The summed E-state index contributed by atoms with van der Waals surface area (Å²) in [5.41, 5.74) is 5.82. The van der Waals surface area contributed by atoms with Crippen molar-refractivity contribution >= 4 is 23.5 Å². The molecule has 0 saturated heterocycles. The van der Waals surface area contributed by atoms with Gasteiger partial charge in [-0.3, -0.25) is 0 Å². The summed E-state index contributed by atoms with van der Waals surface area (Å²) in [5.74, 6) is 0. The topological polar surface area (TPSA) is 58.9 Å². The van der Waals surface area contributed by atoms with Crippen molar-refractivity contribution in [3.05, 3.63) is 58.7 Å². The summed E-state index contributed by atoms with van der Waals surface area (Å²) in [6.45, 7) is 7.88. The first-order valence-electron chi connectivity index (χ1n) is 6.78. The highest BCUT2D eigenvalue weighted by Crippen LogP contribution is 2.18. The average Bonchev–Trinajstić information content (AvgIpc) is 2.48. The van der Waals surface area contributed by atoms with Crippen LogP contribution < -0.4 is 0 Å². The van der Waals surface area contributed by atoms with Crippen molar-refractivity contribution in [2.75, 3.05) is 0 Å². The summed E-state index contributed by atoms with van der Waals surface area (Å²) in [7, 11) is 0. The number of aliphatic imine (C=N–C) groups is 2. The van der Waals surface area contributed by atoms with E-state index in [4.69, 9.17) is 0 Å². The van der Waals surface area contributed by atoms with Gasteiger partial charge in [0.25, 0.3) is 0 Å². The van der Waals surface area contributed by atoms with Crippen LogP contribution in [-0.4, -0.2) is 12.2 Å². The predicted molar refractivity (Wildman–Crippen MR) is 87.4 cm³/mol. The molecule has 0 fully saturated rings. The fourth-order valence-electron chi connectivity index (χ4n) is 1.74. The van der Waals surface area contributed by atoms with Gasteiger partial charge in [0, 0.05) is 0 Å². The molecule has 112 valence electrons. The first-order valence-corrected chi connectivity index (χ1v) is 6.78. The molecule has 2 aromatic rings. The van der Waals surface area contributed by atoms with E-state index in [1.54, 1.807) is 6.07 Å². The molecule has 0 radical (unpaired) electrons. The van der Waals surface area contributed by atoms with Crippen molar-refractivity contribution in [1.82, 2.24) is 0 Å². The van der Waals surface area contributed by atoms with Crippen LogP contribution in [0.4, 0.5) is 11.4 Å². The van der Waals surface area contributed by atoms with E-state index in [1.807, 2.05) is 58.0 Å². The van der Waals surface area contributed by atoms with E-state index < -0.39 is 0 Å². The summed E-state index contributed by atoms with van der Waals surface area (Å²) in [6.07, 6.45) is 3.03. The Hall–Kier alpha value is -2.80. The third-order valence-corrected chi connectivity index (χ3v) is 3.20. The summed E-state index contributed by atoms with van der Waals surface area (Å²) in [4.78, 5) is 26.9. The number of nitrogens with zero attached hydrogens (tertiary/aromatic N) is 2. The first kappa shape index (κ1) is 17.3. The molecule has 0 saturated carbocycles. The van der Waals surface area contributed by atoms with Crippen LogP contribution in [0.5, 0.6) is 0 Å². The Morgan fingerprint density at radius 2 is 1.36 bits per heavy atom. The molecule has 22 heavy (non-hydrogen) atoms. The lowest BCUT2D eigenvalue weighted by Gasteiger charge is -1.97. The Bertz CT molecular complexity index is 754. The number of isocyanates is 2. The van der Waals surface area contributed by atoms with Gasteiger partial charge in [0.05, 0.1) is 11.4 Å². The third kappa shape index (κ3) is 5.29. The average molecular weight is 294 g/mol. The first-order chi connectivity index (χ1) is 10.5. The van der Waals surface area contributed by atoms with Crippen molar-refractivity contribution in [1.29, 1.82) is 0 Å². The summed E-state index contributed by atoms with van der Waals surface area (Å²) in [6, 6.07) is 11.4. The van der Waals surface area contributed by atoms with Crippen LogP contribution in [-0.2, 0) is 9.59 Å². The largest absolute Gasteiger partial charge is 0.240 e. The third-order valence-electron chi connectivity index (χ3n) is 3.20. The number of hydrogen-bond donors (Lipinski definition) is 0. The zero-order valence-corrected chi connectivity index (χ0v) is 13.2. The second-order valence-electron chi connectivity index (χ2n) is 4.96. The van der Waals surface area contributed by atoms with Gasteiger partial charge in [-0.2, -0.15) is 9.98 Å². The minimum atomic E-state index is 0.670.